The van der Waals surface area contributed by atoms with Gasteiger partial charge in [0.2, 0.25) is 0 Å². The molecule has 26 heavy (non-hydrogen) atoms. The maximum absolute atomic E-state index is 12.9. The van der Waals surface area contributed by atoms with Gasteiger partial charge in [-0.05, 0) is 35.2 Å². The molecule has 0 bridgehead atoms. The van der Waals surface area contributed by atoms with Crippen molar-refractivity contribution in [2.24, 2.45) is 0 Å². The fourth-order valence-electron chi connectivity index (χ4n) is 2.64. The minimum Gasteiger partial charge on any atom is -0.456 e. The van der Waals surface area contributed by atoms with Crippen molar-refractivity contribution in [3.8, 4) is 0 Å². The van der Waals surface area contributed by atoms with Gasteiger partial charge in [0.05, 0.1) is 10.2 Å². The maximum atomic E-state index is 12.9. The van der Waals surface area contributed by atoms with Crippen LogP contribution in [-0.4, -0.2) is 30.8 Å². The lowest BCUT2D eigenvalue weighted by Crippen LogP contribution is -2.21. The van der Waals surface area contributed by atoms with Gasteiger partial charge in [-0.1, -0.05) is 12.1 Å². The van der Waals surface area contributed by atoms with Crippen LogP contribution in [0, 0.1) is 0 Å². The van der Waals surface area contributed by atoms with Crippen LogP contribution in [0.15, 0.2) is 41.8 Å². The van der Waals surface area contributed by atoms with Crippen molar-refractivity contribution < 1.29 is 22.7 Å². The van der Waals surface area contributed by atoms with Gasteiger partial charge in [-0.25, -0.2) is 4.79 Å². The summed E-state index contributed by atoms with van der Waals surface area (Å²) in [6.45, 7) is -1.24. The van der Waals surface area contributed by atoms with Crippen LogP contribution < -0.4 is 4.90 Å². The molecule has 0 atom stereocenters. The summed E-state index contributed by atoms with van der Waals surface area (Å²) < 4.78 is 45.5. The van der Waals surface area contributed by atoms with Gasteiger partial charge >= 0.3 is 12.1 Å². The number of ether oxygens (including phenoxy) is 1. The number of halogens is 3. The highest BCUT2D eigenvalue weighted by Crippen LogP contribution is 2.29. The summed E-state index contributed by atoms with van der Waals surface area (Å²) in [5, 5.41) is 1.69. The number of hydrogen-bond acceptors (Lipinski definition) is 4. The van der Waals surface area contributed by atoms with Gasteiger partial charge in [0, 0.05) is 19.8 Å². The van der Waals surface area contributed by atoms with Crippen molar-refractivity contribution >= 4 is 33.2 Å². The van der Waals surface area contributed by atoms with Gasteiger partial charge in [0.25, 0.3) is 0 Å². The molecule has 0 aliphatic heterocycles. The Kier molecular flexibility index (Phi) is 4.95. The Morgan fingerprint density at radius 2 is 2.00 bits per heavy atom. The second kappa shape index (κ2) is 7.03. The smallest absolute Gasteiger partial charge is 0.406 e. The average Bonchev–Trinajstić information content (AvgIpc) is 3.14. The fourth-order valence-corrected chi connectivity index (χ4v) is 3.47. The molecule has 0 saturated carbocycles. The first-order chi connectivity index (χ1) is 12.2. The van der Waals surface area contributed by atoms with Crippen LogP contribution in [0.3, 0.4) is 0 Å². The molecule has 4 nitrogen and oxygen atoms in total. The molecular formula is C18H17F3N2O2S. The molecule has 2 heterocycles. The second-order valence-electron chi connectivity index (χ2n) is 6.04. The number of alkyl halides is 3. The summed E-state index contributed by atoms with van der Waals surface area (Å²) in [5.41, 5.74) is 2.00. The minimum atomic E-state index is -4.43. The average molecular weight is 382 g/mol. The van der Waals surface area contributed by atoms with Gasteiger partial charge in [0.15, 0.2) is 0 Å². The van der Waals surface area contributed by atoms with Crippen molar-refractivity contribution in [2.75, 3.05) is 19.0 Å². The van der Waals surface area contributed by atoms with Crippen molar-refractivity contribution in [3.05, 3.63) is 53.0 Å². The molecule has 0 saturated heterocycles. The molecule has 0 amide bonds. The van der Waals surface area contributed by atoms with E-state index in [2.05, 4.69) is 0 Å². The first kappa shape index (κ1) is 18.3. The van der Waals surface area contributed by atoms with Gasteiger partial charge in [-0.3, -0.25) is 0 Å². The van der Waals surface area contributed by atoms with Gasteiger partial charge < -0.3 is 14.2 Å². The third kappa shape index (κ3) is 4.01. The fraction of sp³-hybridized carbons (Fsp3) is 0.278. The zero-order valence-electron chi connectivity index (χ0n) is 14.2. The molecule has 0 N–H and O–H groups in total. The summed E-state index contributed by atoms with van der Waals surface area (Å²) in [6, 6.07) is 10.4. The van der Waals surface area contributed by atoms with E-state index >= 15 is 0 Å². The number of rotatable bonds is 5. The SMILES string of the molecule is CN(C)c1cccc(COC(=O)c2cc3sccc3n2CC(F)(F)F)c1. The van der Waals surface area contributed by atoms with Crippen LogP contribution in [0.1, 0.15) is 16.1 Å². The Labute approximate surface area is 152 Å². The van der Waals surface area contributed by atoms with E-state index in [-0.39, 0.29) is 12.3 Å². The predicted octanol–water partition coefficient (Wildman–Crippen LogP) is 4.69. The van der Waals surface area contributed by atoms with E-state index in [1.807, 2.05) is 37.2 Å². The Morgan fingerprint density at radius 1 is 1.23 bits per heavy atom. The molecule has 3 aromatic rings. The summed E-state index contributed by atoms with van der Waals surface area (Å²) in [4.78, 5) is 14.3. The molecule has 0 radical (unpaired) electrons. The van der Waals surface area contributed by atoms with Gasteiger partial charge in [-0.15, -0.1) is 11.3 Å². The molecule has 8 heteroatoms. The molecule has 2 aromatic heterocycles. The number of thiophene rings is 1. The van der Waals surface area contributed by atoms with Gasteiger partial charge in [0.1, 0.15) is 18.8 Å². The third-order valence-electron chi connectivity index (χ3n) is 3.87. The number of nitrogens with zero attached hydrogens (tertiary/aromatic N) is 2. The van der Waals surface area contributed by atoms with E-state index < -0.39 is 18.7 Å². The van der Waals surface area contributed by atoms with E-state index in [0.29, 0.717) is 10.2 Å². The van der Waals surface area contributed by atoms with E-state index in [9.17, 15) is 18.0 Å². The standard InChI is InChI=1S/C18H17F3N2O2S/c1-22(2)13-5-3-4-12(8-13)10-25-17(24)15-9-16-14(6-7-26-16)23(15)11-18(19,20)21/h3-9H,10-11H2,1-2H3. The number of fused-ring (bicyclic) bond motifs is 1. The minimum absolute atomic E-state index is 0.00857. The summed E-state index contributed by atoms with van der Waals surface area (Å²) >= 11 is 1.28. The highest BCUT2D eigenvalue weighted by atomic mass is 32.1. The van der Waals surface area contributed by atoms with Crippen LogP contribution in [0.5, 0.6) is 0 Å². The van der Waals surface area contributed by atoms with Crippen LogP contribution in [0.4, 0.5) is 18.9 Å². The second-order valence-corrected chi connectivity index (χ2v) is 6.99. The molecule has 0 aliphatic carbocycles. The summed E-state index contributed by atoms with van der Waals surface area (Å²) in [5.74, 6) is -0.770. The molecular weight excluding hydrogens is 365 g/mol. The Morgan fingerprint density at radius 3 is 2.69 bits per heavy atom. The third-order valence-corrected chi connectivity index (χ3v) is 4.72. The van der Waals surface area contributed by atoms with Crippen LogP contribution >= 0.6 is 11.3 Å². The summed E-state index contributed by atoms with van der Waals surface area (Å²) in [7, 11) is 3.78. The molecule has 3 rings (SSSR count). The lowest BCUT2D eigenvalue weighted by molar-refractivity contribution is -0.140. The Bertz CT molecular complexity index is 928. The molecule has 0 fully saturated rings. The molecule has 1 aromatic carbocycles. The van der Waals surface area contributed by atoms with Crippen LogP contribution in [0.25, 0.3) is 10.2 Å². The molecule has 138 valence electrons. The van der Waals surface area contributed by atoms with Crippen molar-refractivity contribution in [1.82, 2.24) is 4.57 Å². The topological polar surface area (TPSA) is 34.5 Å². The van der Waals surface area contributed by atoms with E-state index in [4.69, 9.17) is 4.74 Å². The number of carbonyl (C=O) groups excluding carboxylic acids is 1. The zero-order chi connectivity index (χ0) is 18.9. The van der Waals surface area contributed by atoms with E-state index in [1.54, 1.807) is 17.5 Å². The van der Waals surface area contributed by atoms with Crippen LogP contribution in [-0.2, 0) is 17.9 Å². The normalized spacial score (nSPS) is 11.7. The first-order valence-electron chi connectivity index (χ1n) is 7.81. The van der Waals surface area contributed by atoms with E-state index in [1.165, 1.54) is 17.4 Å². The first-order valence-corrected chi connectivity index (χ1v) is 8.69. The lowest BCUT2D eigenvalue weighted by atomic mass is 10.2. The Balaban J connectivity index is 1.81. The van der Waals surface area contributed by atoms with Crippen molar-refractivity contribution in [3.63, 3.8) is 0 Å². The molecule has 0 unspecified atom stereocenters. The monoisotopic (exact) mass is 382 g/mol. The molecule has 0 spiro atoms. The number of carbonyl (C=O) groups is 1. The molecule has 0 aliphatic rings. The Hall–Kier alpha value is -2.48. The number of aromatic nitrogens is 1. The van der Waals surface area contributed by atoms with Crippen LogP contribution in [0.2, 0.25) is 0 Å². The highest BCUT2D eigenvalue weighted by Gasteiger charge is 2.31. The van der Waals surface area contributed by atoms with Crippen molar-refractivity contribution in [1.29, 1.82) is 0 Å². The largest absolute Gasteiger partial charge is 0.456 e. The quantitative estimate of drug-likeness (QED) is 0.601. The predicted molar refractivity (Wildman–Crippen MR) is 95.8 cm³/mol. The number of hydrogen-bond donors (Lipinski definition) is 0. The number of anilines is 1. The number of esters is 1. The summed E-state index contributed by atoms with van der Waals surface area (Å²) in [6.07, 6.45) is -4.43. The lowest BCUT2D eigenvalue weighted by Gasteiger charge is -2.14. The zero-order valence-corrected chi connectivity index (χ0v) is 15.0. The van der Waals surface area contributed by atoms with Gasteiger partial charge in [-0.2, -0.15) is 13.2 Å². The maximum Gasteiger partial charge on any atom is 0.406 e. The van der Waals surface area contributed by atoms with Crippen molar-refractivity contribution in [2.45, 2.75) is 19.3 Å². The van der Waals surface area contributed by atoms with E-state index in [0.717, 1.165) is 15.8 Å². The number of benzene rings is 1. The highest BCUT2D eigenvalue weighted by molar-refractivity contribution is 7.17.